The van der Waals surface area contributed by atoms with Crippen LogP contribution in [0.15, 0.2) is 11.3 Å². The van der Waals surface area contributed by atoms with Crippen molar-refractivity contribution in [3.63, 3.8) is 0 Å². The number of ether oxygens (including phenoxy) is 1. The summed E-state index contributed by atoms with van der Waals surface area (Å²) >= 11 is 5.82. The van der Waals surface area contributed by atoms with Crippen LogP contribution in [0.4, 0.5) is 0 Å². The maximum atomic E-state index is 12.2. The summed E-state index contributed by atoms with van der Waals surface area (Å²) in [5, 5.41) is -2.20. The van der Waals surface area contributed by atoms with Gasteiger partial charge in [0.1, 0.15) is 17.8 Å². The fourth-order valence-corrected chi connectivity index (χ4v) is 5.17. The van der Waals surface area contributed by atoms with Gasteiger partial charge in [-0.25, -0.2) is 8.42 Å². The number of sulfone groups is 1. The molecule has 0 aromatic heterocycles. The molecule has 2 aliphatic rings. The van der Waals surface area contributed by atoms with E-state index in [2.05, 4.69) is 0 Å². The van der Waals surface area contributed by atoms with Gasteiger partial charge in [-0.1, -0.05) is 0 Å². The van der Waals surface area contributed by atoms with Crippen molar-refractivity contribution in [3.8, 4) is 0 Å². The van der Waals surface area contributed by atoms with Gasteiger partial charge in [0.15, 0.2) is 15.2 Å². The highest BCUT2D eigenvalue weighted by molar-refractivity contribution is 7.92. The highest BCUT2D eigenvalue weighted by atomic mass is 35.5. The average Bonchev–Trinajstić information content (AvgIpc) is 2.41. The van der Waals surface area contributed by atoms with Gasteiger partial charge in [0.2, 0.25) is 5.91 Å². The second-order valence-corrected chi connectivity index (χ2v) is 7.91. The molecule has 1 saturated heterocycles. The molecule has 0 spiro atoms. The van der Waals surface area contributed by atoms with Crippen LogP contribution in [0, 0.1) is 0 Å². The predicted molar refractivity (Wildman–Crippen MR) is 77.6 cm³/mol. The Balaban J connectivity index is 2.37. The first kappa shape index (κ1) is 17.0. The molecule has 0 aliphatic carbocycles. The Morgan fingerprint density at radius 1 is 1.36 bits per heavy atom. The zero-order valence-corrected chi connectivity index (χ0v) is 13.7. The van der Waals surface area contributed by atoms with E-state index in [4.69, 9.17) is 16.3 Å². The number of β-lactam (4-membered cyclic amide) rings is 1. The van der Waals surface area contributed by atoms with Gasteiger partial charge in [0.25, 0.3) is 0 Å². The molecule has 0 aromatic rings. The lowest BCUT2D eigenvalue weighted by molar-refractivity contribution is -0.140. The van der Waals surface area contributed by atoms with Crippen LogP contribution in [0.25, 0.3) is 0 Å². The zero-order chi connectivity index (χ0) is 16.7. The van der Waals surface area contributed by atoms with Crippen LogP contribution in [0.3, 0.4) is 0 Å². The molecule has 0 aromatic carbocycles. The van der Waals surface area contributed by atoms with Crippen LogP contribution in [0.5, 0.6) is 0 Å². The number of hydrogen-bond donors (Lipinski definition) is 0. The molecule has 22 heavy (non-hydrogen) atoms. The highest BCUT2D eigenvalue weighted by Gasteiger charge is 2.57. The van der Waals surface area contributed by atoms with Crippen LogP contribution in [0.1, 0.15) is 26.7 Å². The smallest absolute Gasteiger partial charge is 0.302 e. The molecule has 0 radical (unpaired) electrons. The lowest BCUT2D eigenvalue weighted by Gasteiger charge is -2.48. The molecule has 1 unspecified atom stereocenters. The van der Waals surface area contributed by atoms with Crippen molar-refractivity contribution < 1.29 is 27.5 Å². The van der Waals surface area contributed by atoms with Crippen molar-refractivity contribution in [1.82, 2.24) is 4.90 Å². The number of allylic oxidation sites excluding steroid dienone is 1. The SMILES string of the molecule is CC(=O)CCC1=C(COC(C)=O)CS(=O)(=O)[C@@H]2C(Cl)C(=O)N12. The lowest BCUT2D eigenvalue weighted by atomic mass is 10.0. The van der Waals surface area contributed by atoms with Crippen molar-refractivity contribution in [2.45, 2.75) is 37.4 Å². The molecule has 7 nitrogen and oxygen atoms in total. The second-order valence-electron chi connectivity index (χ2n) is 5.34. The molecule has 2 rings (SSSR count). The van der Waals surface area contributed by atoms with Crippen LogP contribution in [0.2, 0.25) is 0 Å². The summed E-state index contributed by atoms with van der Waals surface area (Å²) in [6.07, 6.45) is 0.385. The predicted octanol–water partition coefficient (Wildman–Crippen LogP) is 0.377. The number of fused-ring (bicyclic) bond motifs is 1. The molecule has 122 valence electrons. The third kappa shape index (κ3) is 3.03. The summed E-state index contributed by atoms with van der Waals surface area (Å²) in [5.74, 6) is -1.47. The minimum Gasteiger partial charge on any atom is -0.461 e. The summed E-state index contributed by atoms with van der Waals surface area (Å²) in [5.41, 5.74) is 0.753. The van der Waals surface area contributed by atoms with Gasteiger partial charge in [0, 0.05) is 24.6 Å². The molecule has 2 heterocycles. The second kappa shape index (κ2) is 6.00. The molecule has 1 fully saturated rings. The molecule has 0 saturated carbocycles. The summed E-state index contributed by atoms with van der Waals surface area (Å²) < 4.78 is 29.3. The van der Waals surface area contributed by atoms with Gasteiger partial charge in [-0.05, 0) is 13.3 Å². The number of carbonyl (C=O) groups excluding carboxylic acids is 3. The van der Waals surface area contributed by atoms with Gasteiger partial charge in [-0.15, -0.1) is 11.6 Å². The van der Waals surface area contributed by atoms with E-state index in [0.29, 0.717) is 11.3 Å². The third-order valence-electron chi connectivity index (χ3n) is 3.58. The van der Waals surface area contributed by atoms with Crippen LogP contribution < -0.4 is 0 Å². The lowest BCUT2D eigenvalue weighted by Crippen LogP contribution is -2.67. The molecule has 2 atom stereocenters. The van der Waals surface area contributed by atoms with E-state index >= 15 is 0 Å². The Morgan fingerprint density at radius 2 is 2.00 bits per heavy atom. The molecular weight excluding hydrogens is 334 g/mol. The number of rotatable bonds is 5. The number of esters is 1. The Morgan fingerprint density at radius 3 is 2.55 bits per heavy atom. The quantitative estimate of drug-likeness (QED) is 0.404. The summed E-state index contributed by atoms with van der Waals surface area (Å²) in [6.45, 7) is 2.40. The van der Waals surface area contributed by atoms with E-state index in [9.17, 15) is 22.8 Å². The maximum Gasteiger partial charge on any atom is 0.302 e. The van der Waals surface area contributed by atoms with Crippen LogP contribution >= 0.6 is 11.6 Å². The molecule has 9 heteroatoms. The van der Waals surface area contributed by atoms with Crippen molar-refractivity contribution in [3.05, 3.63) is 11.3 Å². The molecular formula is C13H16ClNO6S. The summed E-state index contributed by atoms with van der Waals surface area (Å²) in [7, 11) is -3.64. The topological polar surface area (TPSA) is 97.8 Å². The Labute approximate surface area is 133 Å². The van der Waals surface area contributed by atoms with Crippen molar-refractivity contribution in [2.75, 3.05) is 12.4 Å². The van der Waals surface area contributed by atoms with Gasteiger partial charge in [0.05, 0.1) is 5.75 Å². The minimum absolute atomic E-state index is 0.0836. The number of nitrogens with zero attached hydrogens (tertiary/aromatic N) is 1. The Bertz CT molecular complexity index is 668. The summed E-state index contributed by atoms with van der Waals surface area (Å²) in [4.78, 5) is 35.2. The zero-order valence-electron chi connectivity index (χ0n) is 12.2. The average molecular weight is 350 g/mol. The van der Waals surface area contributed by atoms with E-state index in [-0.39, 0.29) is 31.0 Å². The first-order valence-corrected chi connectivity index (χ1v) is 8.82. The van der Waals surface area contributed by atoms with E-state index in [0.717, 1.165) is 4.90 Å². The van der Waals surface area contributed by atoms with E-state index in [1.807, 2.05) is 0 Å². The fourth-order valence-electron chi connectivity index (χ4n) is 2.55. The van der Waals surface area contributed by atoms with Crippen molar-refractivity contribution >= 4 is 39.1 Å². The van der Waals surface area contributed by atoms with Crippen molar-refractivity contribution in [2.24, 2.45) is 0 Å². The largest absolute Gasteiger partial charge is 0.461 e. The number of hydrogen-bond acceptors (Lipinski definition) is 6. The first-order chi connectivity index (χ1) is 10.1. The molecule has 2 aliphatic heterocycles. The van der Waals surface area contributed by atoms with Gasteiger partial charge in [-0.2, -0.15) is 0 Å². The Kier molecular flexibility index (Phi) is 4.62. The number of carbonyl (C=O) groups is 3. The van der Waals surface area contributed by atoms with E-state index in [1.54, 1.807) is 0 Å². The number of amides is 1. The first-order valence-electron chi connectivity index (χ1n) is 6.67. The van der Waals surface area contributed by atoms with Crippen LogP contribution in [-0.4, -0.2) is 54.1 Å². The normalized spacial score (nSPS) is 26.3. The van der Waals surface area contributed by atoms with Crippen LogP contribution in [-0.2, 0) is 29.0 Å². The number of Topliss-reactive ketones (excluding diaryl/α,β-unsaturated/α-hetero) is 1. The monoisotopic (exact) mass is 349 g/mol. The number of alkyl halides is 1. The van der Waals surface area contributed by atoms with Gasteiger partial charge < -0.3 is 9.53 Å². The highest BCUT2D eigenvalue weighted by Crippen LogP contribution is 2.40. The van der Waals surface area contributed by atoms with E-state index in [1.165, 1.54) is 13.8 Å². The fraction of sp³-hybridized carbons (Fsp3) is 0.615. The minimum atomic E-state index is -3.64. The standard InChI is InChI=1S/C13H16ClNO6S/c1-7(16)3-4-10-9(5-21-8(2)17)6-22(19,20)13-11(14)12(18)15(10)13/h11,13H,3-6H2,1-2H3/t11?,13-/m1/s1. The number of ketones is 1. The number of halogens is 1. The van der Waals surface area contributed by atoms with Crippen molar-refractivity contribution in [1.29, 1.82) is 0 Å². The van der Waals surface area contributed by atoms with Gasteiger partial charge >= 0.3 is 5.97 Å². The molecule has 0 N–H and O–H groups in total. The molecule has 1 amide bonds. The third-order valence-corrected chi connectivity index (χ3v) is 6.13. The molecule has 0 bridgehead atoms. The Hall–Kier alpha value is -1.41. The summed E-state index contributed by atoms with van der Waals surface area (Å²) in [6, 6.07) is 0. The maximum absolute atomic E-state index is 12.2. The van der Waals surface area contributed by atoms with E-state index < -0.39 is 32.5 Å². The van der Waals surface area contributed by atoms with Gasteiger partial charge in [-0.3, -0.25) is 14.5 Å².